The third-order valence-corrected chi connectivity index (χ3v) is 11.8. The topological polar surface area (TPSA) is 18.5 Å². The van der Waals surface area contributed by atoms with Crippen molar-refractivity contribution in [2.45, 2.75) is 25.2 Å². The second kappa shape index (κ2) is 14.2. The van der Waals surface area contributed by atoms with Crippen molar-refractivity contribution >= 4 is 39.3 Å². The normalized spacial score (nSPS) is 14.8. The lowest BCUT2D eigenvalue weighted by atomic mass is 9.76. The Morgan fingerprint density at radius 3 is 1.79 bits per heavy atom. The Kier molecular flexibility index (Phi) is 8.60. The Bertz CT molecular complexity index is 2980. The first-order valence-electron chi connectivity index (χ1n) is 19.6. The third-order valence-electron chi connectivity index (χ3n) is 11.8. The van der Waals surface area contributed by atoms with Gasteiger partial charge in [0.1, 0.15) is 11.5 Å². The molecule has 2 heteroatoms. The summed E-state index contributed by atoms with van der Waals surface area (Å²) in [4.78, 5) is 0. The van der Waals surface area contributed by atoms with Crippen LogP contribution >= 0.6 is 0 Å². The lowest BCUT2D eigenvalue weighted by molar-refractivity contribution is 0.264. The summed E-state index contributed by atoms with van der Waals surface area (Å²) in [5.41, 5.74) is 13.0. The molecule has 0 radical (unpaired) electrons. The molecule has 2 aliphatic carbocycles. The number of hydrogen-bond acceptors (Lipinski definition) is 2. The van der Waals surface area contributed by atoms with Gasteiger partial charge in [-0.1, -0.05) is 152 Å². The number of benzene rings is 8. The first-order chi connectivity index (χ1) is 27.7. The monoisotopic (exact) mass is 722 g/mol. The maximum atomic E-state index is 6.63. The molecule has 0 amide bonds. The van der Waals surface area contributed by atoms with Crippen LogP contribution in [0.1, 0.15) is 41.0 Å². The molecule has 270 valence electrons. The molecule has 0 heterocycles. The van der Waals surface area contributed by atoms with Gasteiger partial charge in [0.25, 0.3) is 0 Å². The molecule has 0 bridgehead atoms. The maximum absolute atomic E-state index is 6.63. The first kappa shape index (κ1) is 33.9. The van der Waals surface area contributed by atoms with E-state index in [0.29, 0.717) is 0 Å². The van der Waals surface area contributed by atoms with E-state index in [2.05, 4.69) is 176 Å². The maximum Gasteiger partial charge on any atom is 0.135 e. The highest BCUT2D eigenvalue weighted by Crippen LogP contribution is 2.47. The molecule has 8 aromatic rings. The van der Waals surface area contributed by atoms with Gasteiger partial charge in [-0.05, 0) is 120 Å². The average molecular weight is 723 g/mol. The molecular formula is C54H42O2. The van der Waals surface area contributed by atoms with Gasteiger partial charge in [-0.3, -0.25) is 0 Å². The van der Waals surface area contributed by atoms with E-state index in [-0.39, 0.29) is 5.92 Å². The van der Waals surface area contributed by atoms with Crippen molar-refractivity contribution in [2.24, 2.45) is 0 Å². The van der Waals surface area contributed by atoms with Gasteiger partial charge in [0.15, 0.2) is 0 Å². The van der Waals surface area contributed by atoms with Crippen molar-refractivity contribution in [3.05, 3.63) is 202 Å². The lowest BCUT2D eigenvalue weighted by Gasteiger charge is -2.32. The summed E-state index contributed by atoms with van der Waals surface area (Å²) in [6.07, 6.45) is 7.62. The summed E-state index contributed by atoms with van der Waals surface area (Å²) in [6.45, 7) is 0. The fourth-order valence-corrected chi connectivity index (χ4v) is 9.10. The molecule has 0 N–H and O–H groups in total. The summed E-state index contributed by atoms with van der Waals surface area (Å²) in [5.74, 6) is 1.86. The van der Waals surface area contributed by atoms with Crippen LogP contribution in [0.4, 0.5) is 0 Å². The zero-order chi connectivity index (χ0) is 37.6. The predicted octanol–water partition coefficient (Wildman–Crippen LogP) is 12.1. The summed E-state index contributed by atoms with van der Waals surface area (Å²) in [7, 11) is 3.66. The molecule has 0 fully saturated rings. The van der Waals surface area contributed by atoms with Crippen molar-refractivity contribution in [3.8, 4) is 39.1 Å². The fraction of sp³-hybridized carbons (Fsp3) is 0.111. The van der Waals surface area contributed by atoms with Crippen molar-refractivity contribution in [3.63, 3.8) is 0 Å². The van der Waals surface area contributed by atoms with Gasteiger partial charge in [0.2, 0.25) is 0 Å². The van der Waals surface area contributed by atoms with Crippen LogP contribution in [0, 0.1) is 0 Å². The minimum Gasteiger partial charge on any atom is -0.500 e. The Labute approximate surface area is 328 Å². The van der Waals surface area contributed by atoms with Gasteiger partial charge in [-0.2, -0.15) is 0 Å². The van der Waals surface area contributed by atoms with Gasteiger partial charge < -0.3 is 9.47 Å². The number of allylic oxidation sites excluding steroid dienone is 1. The highest BCUT2D eigenvalue weighted by molar-refractivity contribution is 5.93. The van der Waals surface area contributed by atoms with Crippen molar-refractivity contribution in [1.29, 1.82) is 0 Å². The van der Waals surface area contributed by atoms with Crippen molar-refractivity contribution in [2.75, 3.05) is 14.2 Å². The van der Waals surface area contributed by atoms with Crippen LogP contribution in [0.25, 0.3) is 72.7 Å². The molecule has 0 aliphatic heterocycles. The van der Waals surface area contributed by atoms with E-state index in [0.717, 1.165) is 53.0 Å². The summed E-state index contributed by atoms with van der Waals surface area (Å²) in [6, 6.07) is 59.8. The van der Waals surface area contributed by atoms with Crippen LogP contribution in [-0.4, -0.2) is 14.2 Å². The smallest absolute Gasteiger partial charge is 0.135 e. The molecule has 2 aliphatic rings. The first-order valence-corrected chi connectivity index (χ1v) is 19.6. The highest BCUT2D eigenvalue weighted by Gasteiger charge is 2.33. The van der Waals surface area contributed by atoms with Crippen LogP contribution in [0.2, 0.25) is 0 Å². The minimum absolute atomic E-state index is 0.0121. The average Bonchev–Trinajstić information content (AvgIpc) is 3.27. The molecule has 0 saturated heterocycles. The molecule has 10 rings (SSSR count). The minimum atomic E-state index is 0.0121. The standard InChI is InChI=1S/C54H42O2/c1-55-53-49(43-21-11-19-39(31-43)41-27-25-35-13-3-5-15-37(35)29-41)33-45-17-7-9-23-47(45)51(53)52-48-24-10-8-18-46(48)34-50(54(52)56-2)44-22-12-20-40(32-44)42-28-26-36-14-4-6-16-38(36)30-42/h3-7,9,11-32,34,49H,8,10,33H2,1-2H3/t49-/m0/s1. The van der Waals surface area contributed by atoms with Gasteiger partial charge in [-0.15, -0.1) is 0 Å². The Balaban J connectivity index is 1.17. The third kappa shape index (κ3) is 5.90. The zero-order valence-corrected chi connectivity index (χ0v) is 31.8. The molecule has 0 unspecified atom stereocenters. The second-order valence-corrected chi connectivity index (χ2v) is 15.0. The molecular weight excluding hydrogens is 681 g/mol. The Hall–Kier alpha value is -6.64. The molecule has 0 spiro atoms. The zero-order valence-electron chi connectivity index (χ0n) is 31.8. The number of fused-ring (bicyclic) bond motifs is 4. The Morgan fingerprint density at radius 2 is 1.07 bits per heavy atom. The van der Waals surface area contributed by atoms with E-state index < -0.39 is 0 Å². The summed E-state index contributed by atoms with van der Waals surface area (Å²) < 4.78 is 13.2. The van der Waals surface area contributed by atoms with Crippen LogP contribution in [0.15, 0.2) is 170 Å². The van der Waals surface area contributed by atoms with Gasteiger partial charge >= 0.3 is 0 Å². The number of hydrogen-bond donors (Lipinski definition) is 0. The predicted molar refractivity (Wildman–Crippen MR) is 234 cm³/mol. The van der Waals surface area contributed by atoms with Crippen molar-refractivity contribution < 1.29 is 9.47 Å². The molecule has 0 saturated carbocycles. The molecule has 2 nitrogen and oxygen atoms in total. The largest absolute Gasteiger partial charge is 0.500 e. The molecule has 1 atom stereocenters. The van der Waals surface area contributed by atoms with Gasteiger partial charge in [-0.25, -0.2) is 0 Å². The van der Waals surface area contributed by atoms with Crippen LogP contribution in [0.5, 0.6) is 5.75 Å². The van der Waals surface area contributed by atoms with Crippen LogP contribution in [0.3, 0.4) is 0 Å². The van der Waals surface area contributed by atoms with Crippen LogP contribution in [-0.2, 0) is 11.2 Å². The SMILES string of the molecule is COC1=C(c2c(OC)c(-c3cccc(-c4ccc5ccccc5c4)c3)cc3c2=CCCC=3)c2ccccc2C[C@H]1c1cccc(-c2ccc3ccccc3c2)c1. The molecule has 56 heavy (non-hydrogen) atoms. The molecule has 0 aromatic heterocycles. The van der Waals surface area contributed by atoms with E-state index >= 15 is 0 Å². The van der Waals surface area contributed by atoms with Gasteiger partial charge in [0.05, 0.1) is 14.2 Å². The van der Waals surface area contributed by atoms with E-state index in [1.54, 1.807) is 0 Å². The second-order valence-electron chi connectivity index (χ2n) is 15.0. The van der Waals surface area contributed by atoms with E-state index in [1.807, 2.05) is 14.2 Å². The summed E-state index contributed by atoms with van der Waals surface area (Å²) >= 11 is 0. The number of rotatable bonds is 7. The van der Waals surface area contributed by atoms with E-state index in [9.17, 15) is 0 Å². The van der Waals surface area contributed by atoms with E-state index in [4.69, 9.17) is 9.47 Å². The number of ether oxygens (including phenoxy) is 2. The highest BCUT2D eigenvalue weighted by atomic mass is 16.5. The summed E-state index contributed by atoms with van der Waals surface area (Å²) in [5, 5.41) is 7.43. The quantitative estimate of drug-likeness (QED) is 0.163. The van der Waals surface area contributed by atoms with Crippen LogP contribution < -0.4 is 15.2 Å². The molecule has 8 aromatic carbocycles. The Morgan fingerprint density at radius 1 is 0.464 bits per heavy atom. The van der Waals surface area contributed by atoms with Crippen molar-refractivity contribution in [1.82, 2.24) is 0 Å². The number of methoxy groups -OCH3 is 2. The fourth-order valence-electron chi connectivity index (χ4n) is 9.10. The lowest BCUT2D eigenvalue weighted by Crippen LogP contribution is -2.33. The van der Waals surface area contributed by atoms with E-state index in [1.165, 1.54) is 70.9 Å². The van der Waals surface area contributed by atoms with Gasteiger partial charge in [0, 0.05) is 22.6 Å².